The molecule has 0 atom stereocenters. The van der Waals surface area contributed by atoms with Crippen LogP contribution in [0.1, 0.15) is 22.3 Å². The number of aromatic nitrogens is 2. The van der Waals surface area contributed by atoms with Crippen LogP contribution in [0.2, 0.25) is 5.02 Å². The summed E-state index contributed by atoms with van der Waals surface area (Å²) in [6, 6.07) is 7.57. The van der Waals surface area contributed by atoms with Crippen LogP contribution >= 0.6 is 22.9 Å². The van der Waals surface area contributed by atoms with Crippen molar-refractivity contribution in [2.45, 2.75) is 13.3 Å². The van der Waals surface area contributed by atoms with Gasteiger partial charge in [0.25, 0.3) is 5.91 Å². The Bertz CT molecular complexity index is 570. The van der Waals surface area contributed by atoms with Crippen LogP contribution in [-0.2, 0) is 6.42 Å². The molecule has 2 aromatic rings. The molecular weight excluding hydrogens is 296 g/mol. The molecule has 7 heteroatoms. The van der Waals surface area contributed by atoms with E-state index in [2.05, 4.69) is 20.8 Å². The molecule has 0 fully saturated rings. The van der Waals surface area contributed by atoms with Gasteiger partial charge >= 0.3 is 0 Å². The summed E-state index contributed by atoms with van der Waals surface area (Å²) in [5.74, 6) is -0.194. The highest BCUT2D eigenvalue weighted by Gasteiger charge is 2.11. The summed E-state index contributed by atoms with van der Waals surface area (Å²) in [6.45, 7) is 3.27. The summed E-state index contributed by atoms with van der Waals surface area (Å²) in [4.78, 5) is 11.9. The minimum absolute atomic E-state index is 0.194. The second-order valence-corrected chi connectivity index (χ2v) is 5.49. The lowest BCUT2D eigenvalue weighted by Gasteiger charge is -2.03. The lowest BCUT2D eigenvalue weighted by atomic mass is 10.1. The molecule has 2 N–H and O–H groups in total. The molecule has 5 nitrogen and oxygen atoms in total. The third-order valence-corrected chi connectivity index (χ3v) is 3.69. The minimum atomic E-state index is -0.194. The molecule has 0 unspecified atom stereocenters. The SMILES string of the molecule is CCNc1nnc(C(=O)NCCc2ccc(Cl)cc2)s1. The van der Waals surface area contributed by atoms with Crippen molar-refractivity contribution >= 4 is 34.0 Å². The maximum atomic E-state index is 11.9. The first kappa shape index (κ1) is 14.7. The molecule has 0 aliphatic rings. The van der Waals surface area contributed by atoms with E-state index in [1.165, 1.54) is 11.3 Å². The molecule has 1 amide bonds. The van der Waals surface area contributed by atoms with Gasteiger partial charge in [0.2, 0.25) is 10.1 Å². The molecule has 106 valence electrons. The second-order valence-electron chi connectivity index (χ2n) is 4.08. The first-order chi connectivity index (χ1) is 9.69. The summed E-state index contributed by atoms with van der Waals surface area (Å²) in [5, 5.41) is 15.3. The lowest BCUT2D eigenvalue weighted by Crippen LogP contribution is -2.25. The predicted octanol–water partition coefficient (Wildman–Crippen LogP) is 2.60. The Labute approximate surface area is 126 Å². The van der Waals surface area contributed by atoms with Crippen LogP contribution in [0.25, 0.3) is 0 Å². The Hall–Kier alpha value is -1.66. The molecule has 0 saturated carbocycles. The number of amides is 1. The van der Waals surface area contributed by atoms with Crippen molar-refractivity contribution in [3.8, 4) is 0 Å². The smallest absolute Gasteiger partial charge is 0.282 e. The van der Waals surface area contributed by atoms with E-state index in [9.17, 15) is 4.79 Å². The highest BCUT2D eigenvalue weighted by atomic mass is 35.5. The van der Waals surface area contributed by atoms with E-state index >= 15 is 0 Å². The molecule has 2 rings (SSSR count). The van der Waals surface area contributed by atoms with E-state index in [1.54, 1.807) is 0 Å². The fourth-order valence-electron chi connectivity index (χ4n) is 1.58. The zero-order valence-corrected chi connectivity index (χ0v) is 12.6. The highest BCUT2D eigenvalue weighted by molar-refractivity contribution is 7.17. The van der Waals surface area contributed by atoms with Crippen LogP contribution in [-0.4, -0.2) is 29.2 Å². The third kappa shape index (κ3) is 4.18. The Morgan fingerprint density at radius 2 is 2.05 bits per heavy atom. The van der Waals surface area contributed by atoms with Crippen LogP contribution in [0.3, 0.4) is 0 Å². The molecule has 0 aliphatic heterocycles. The summed E-state index contributed by atoms with van der Waals surface area (Å²) in [6.07, 6.45) is 0.752. The molecular formula is C13H15ClN4OS. The van der Waals surface area contributed by atoms with Crippen LogP contribution < -0.4 is 10.6 Å². The van der Waals surface area contributed by atoms with Gasteiger partial charge in [-0.2, -0.15) is 0 Å². The van der Waals surface area contributed by atoms with Crippen LogP contribution in [0.4, 0.5) is 5.13 Å². The Morgan fingerprint density at radius 3 is 2.75 bits per heavy atom. The number of anilines is 1. The number of rotatable bonds is 6. The van der Waals surface area contributed by atoms with Crippen molar-refractivity contribution in [3.63, 3.8) is 0 Å². The summed E-state index contributed by atoms with van der Waals surface area (Å²) in [5.41, 5.74) is 1.13. The monoisotopic (exact) mass is 310 g/mol. The number of hydrogen-bond donors (Lipinski definition) is 2. The van der Waals surface area contributed by atoms with Crippen molar-refractivity contribution in [3.05, 3.63) is 39.9 Å². The minimum Gasteiger partial charge on any atom is -0.360 e. The maximum Gasteiger partial charge on any atom is 0.282 e. The van der Waals surface area contributed by atoms with Crippen molar-refractivity contribution in [2.24, 2.45) is 0 Å². The lowest BCUT2D eigenvalue weighted by molar-refractivity contribution is 0.0953. The van der Waals surface area contributed by atoms with Gasteiger partial charge < -0.3 is 10.6 Å². The third-order valence-electron chi connectivity index (χ3n) is 2.56. The zero-order chi connectivity index (χ0) is 14.4. The van der Waals surface area contributed by atoms with E-state index in [0.29, 0.717) is 21.7 Å². The number of nitrogens with zero attached hydrogens (tertiary/aromatic N) is 2. The Morgan fingerprint density at radius 1 is 1.30 bits per heavy atom. The summed E-state index contributed by atoms with van der Waals surface area (Å²) < 4.78 is 0. The van der Waals surface area contributed by atoms with Gasteiger partial charge in [-0.1, -0.05) is 35.1 Å². The average molecular weight is 311 g/mol. The first-order valence-electron chi connectivity index (χ1n) is 6.29. The predicted molar refractivity (Wildman–Crippen MR) is 81.6 cm³/mol. The van der Waals surface area contributed by atoms with Gasteiger partial charge in [0.05, 0.1) is 0 Å². The fourth-order valence-corrected chi connectivity index (χ4v) is 2.44. The molecule has 20 heavy (non-hydrogen) atoms. The van der Waals surface area contributed by atoms with Crippen LogP contribution in [0.5, 0.6) is 0 Å². The van der Waals surface area contributed by atoms with Gasteiger partial charge in [-0.15, -0.1) is 10.2 Å². The van der Waals surface area contributed by atoms with E-state index in [0.717, 1.165) is 18.5 Å². The second kappa shape index (κ2) is 7.21. The largest absolute Gasteiger partial charge is 0.360 e. The van der Waals surface area contributed by atoms with Gasteiger partial charge in [0.1, 0.15) is 0 Å². The standard InChI is InChI=1S/C13H15ClN4OS/c1-2-15-13-18-17-12(20-13)11(19)16-8-7-9-3-5-10(14)6-4-9/h3-6H,2,7-8H2,1H3,(H,15,18)(H,16,19). The zero-order valence-electron chi connectivity index (χ0n) is 11.0. The summed E-state index contributed by atoms with van der Waals surface area (Å²) >= 11 is 7.07. The average Bonchev–Trinajstić information content (AvgIpc) is 2.90. The molecule has 0 aliphatic carbocycles. The van der Waals surface area contributed by atoms with Gasteiger partial charge in [-0.3, -0.25) is 4.79 Å². The van der Waals surface area contributed by atoms with Gasteiger partial charge in [0.15, 0.2) is 0 Å². The molecule has 0 spiro atoms. The molecule has 0 bridgehead atoms. The number of nitrogens with one attached hydrogen (secondary N) is 2. The number of hydrogen-bond acceptors (Lipinski definition) is 5. The van der Waals surface area contributed by atoms with Crippen molar-refractivity contribution in [1.29, 1.82) is 0 Å². The number of benzene rings is 1. The van der Waals surface area contributed by atoms with Crippen LogP contribution in [0.15, 0.2) is 24.3 Å². The number of halogens is 1. The Kier molecular flexibility index (Phi) is 5.31. The van der Waals surface area contributed by atoms with Crippen LogP contribution in [0, 0.1) is 0 Å². The first-order valence-corrected chi connectivity index (χ1v) is 7.48. The molecule has 1 heterocycles. The highest BCUT2D eigenvalue weighted by Crippen LogP contribution is 2.14. The topological polar surface area (TPSA) is 66.9 Å². The molecule has 1 aromatic heterocycles. The summed E-state index contributed by atoms with van der Waals surface area (Å²) in [7, 11) is 0. The number of carbonyl (C=O) groups excluding carboxylic acids is 1. The maximum absolute atomic E-state index is 11.9. The normalized spacial score (nSPS) is 10.3. The van der Waals surface area contributed by atoms with E-state index in [1.807, 2.05) is 31.2 Å². The van der Waals surface area contributed by atoms with Gasteiger partial charge in [-0.05, 0) is 31.0 Å². The van der Waals surface area contributed by atoms with Crippen molar-refractivity contribution in [2.75, 3.05) is 18.4 Å². The van der Waals surface area contributed by atoms with E-state index < -0.39 is 0 Å². The van der Waals surface area contributed by atoms with Crippen molar-refractivity contribution < 1.29 is 4.79 Å². The number of carbonyl (C=O) groups is 1. The van der Waals surface area contributed by atoms with E-state index in [-0.39, 0.29) is 5.91 Å². The van der Waals surface area contributed by atoms with Gasteiger partial charge in [-0.25, -0.2) is 0 Å². The van der Waals surface area contributed by atoms with E-state index in [4.69, 9.17) is 11.6 Å². The molecule has 0 radical (unpaired) electrons. The van der Waals surface area contributed by atoms with Crippen molar-refractivity contribution in [1.82, 2.24) is 15.5 Å². The van der Waals surface area contributed by atoms with Gasteiger partial charge in [0, 0.05) is 18.1 Å². The molecule has 1 aromatic carbocycles. The Balaban J connectivity index is 1.81. The fraction of sp³-hybridized carbons (Fsp3) is 0.308. The quantitative estimate of drug-likeness (QED) is 0.860. The molecule has 0 saturated heterocycles.